The molecule has 3 rings (SSSR count). The number of H-pyrrole nitrogens is 1. The number of pyridine rings is 1. The molecule has 0 aliphatic heterocycles. The molecule has 3 aromatic rings. The zero-order valence-electron chi connectivity index (χ0n) is 9.84. The number of hydrogen-bond acceptors (Lipinski definition) is 1. The first kappa shape index (κ1) is 10.6. The van der Waals surface area contributed by atoms with E-state index in [0.29, 0.717) is 5.15 Å². The molecular formula is C14H13ClN2. The predicted octanol–water partition coefficient (Wildman–Crippen LogP) is 4.24. The van der Waals surface area contributed by atoms with E-state index in [4.69, 9.17) is 11.6 Å². The predicted molar refractivity (Wildman–Crippen MR) is 72.7 cm³/mol. The van der Waals surface area contributed by atoms with E-state index in [0.717, 1.165) is 28.5 Å². The van der Waals surface area contributed by atoms with Crippen molar-refractivity contribution < 1.29 is 0 Å². The van der Waals surface area contributed by atoms with Crippen LogP contribution in [-0.4, -0.2) is 9.97 Å². The second-order valence-electron chi connectivity index (χ2n) is 4.34. The molecular weight excluding hydrogens is 232 g/mol. The van der Waals surface area contributed by atoms with Crippen LogP contribution < -0.4 is 0 Å². The summed E-state index contributed by atoms with van der Waals surface area (Å²) in [7, 11) is 0. The average molecular weight is 245 g/mol. The van der Waals surface area contributed by atoms with Gasteiger partial charge in [-0.25, -0.2) is 4.98 Å². The molecule has 0 radical (unpaired) electrons. The Morgan fingerprint density at radius 1 is 1.24 bits per heavy atom. The van der Waals surface area contributed by atoms with Gasteiger partial charge in [0, 0.05) is 16.3 Å². The van der Waals surface area contributed by atoms with Gasteiger partial charge in [0.25, 0.3) is 0 Å². The first-order valence-electron chi connectivity index (χ1n) is 5.76. The van der Waals surface area contributed by atoms with Crippen LogP contribution in [0.5, 0.6) is 0 Å². The lowest BCUT2D eigenvalue weighted by Crippen LogP contribution is -1.88. The first-order chi connectivity index (χ1) is 8.19. The van der Waals surface area contributed by atoms with Crippen LogP contribution in [0.15, 0.2) is 24.3 Å². The highest BCUT2D eigenvalue weighted by atomic mass is 35.5. The summed E-state index contributed by atoms with van der Waals surface area (Å²) in [6.45, 7) is 4.19. The molecule has 0 bridgehead atoms. The molecule has 86 valence electrons. The van der Waals surface area contributed by atoms with Crippen LogP contribution in [0, 0.1) is 6.92 Å². The van der Waals surface area contributed by atoms with E-state index < -0.39 is 0 Å². The van der Waals surface area contributed by atoms with Crippen molar-refractivity contribution in [3.05, 3.63) is 40.7 Å². The number of nitrogens with zero attached hydrogens (tertiary/aromatic N) is 1. The number of aromatic amines is 1. The van der Waals surface area contributed by atoms with Crippen molar-refractivity contribution in [2.75, 3.05) is 0 Å². The largest absolute Gasteiger partial charge is 0.353 e. The van der Waals surface area contributed by atoms with Gasteiger partial charge in [-0.05, 0) is 31.0 Å². The third-order valence-electron chi connectivity index (χ3n) is 3.12. The highest BCUT2D eigenvalue weighted by molar-refractivity contribution is 6.30. The summed E-state index contributed by atoms with van der Waals surface area (Å²) in [4.78, 5) is 7.82. The quantitative estimate of drug-likeness (QED) is 0.638. The van der Waals surface area contributed by atoms with E-state index in [1.807, 2.05) is 6.07 Å². The Morgan fingerprint density at radius 3 is 2.82 bits per heavy atom. The fourth-order valence-corrected chi connectivity index (χ4v) is 2.51. The maximum Gasteiger partial charge on any atom is 0.130 e. The van der Waals surface area contributed by atoms with Crippen molar-refractivity contribution in [3.8, 4) is 0 Å². The number of fused-ring (bicyclic) bond motifs is 3. The summed E-state index contributed by atoms with van der Waals surface area (Å²) in [5, 5.41) is 2.94. The third kappa shape index (κ3) is 1.60. The molecule has 3 heteroatoms. The molecule has 0 aliphatic rings. The summed E-state index contributed by atoms with van der Waals surface area (Å²) < 4.78 is 0. The van der Waals surface area contributed by atoms with Gasteiger partial charge in [-0.1, -0.05) is 30.7 Å². The number of nitrogens with one attached hydrogen (secondary N) is 1. The first-order valence-corrected chi connectivity index (χ1v) is 6.14. The topological polar surface area (TPSA) is 28.7 Å². The molecule has 1 N–H and O–H groups in total. The summed E-state index contributed by atoms with van der Waals surface area (Å²) in [5.74, 6) is 0. The molecule has 2 heterocycles. The van der Waals surface area contributed by atoms with E-state index in [9.17, 15) is 0 Å². The van der Waals surface area contributed by atoms with E-state index in [-0.39, 0.29) is 0 Å². The Balaban J connectivity index is 2.50. The maximum atomic E-state index is 6.07. The molecule has 17 heavy (non-hydrogen) atoms. The summed E-state index contributed by atoms with van der Waals surface area (Å²) in [6.07, 6.45) is 0.878. The summed E-state index contributed by atoms with van der Waals surface area (Å²) >= 11 is 6.07. The number of aromatic nitrogens is 2. The van der Waals surface area contributed by atoms with Crippen molar-refractivity contribution in [1.82, 2.24) is 9.97 Å². The van der Waals surface area contributed by atoms with Crippen LogP contribution in [0.4, 0.5) is 0 Å². The van der Waals surface area contributed by atoms with Crippen LogP contribution in [0.2, 0.25) is 5.15 Å². The highest BCUT2D eigenvalue weighted by Gasteiger charge is 2.09. The van der Waals surface area contributed by atoms with Crippen molar-refractivity contribution in [3.63, 3.8) is 0 Å². The van der Waals surface area contributed by atoms with Crippen LogP contribution in [0.1, 0.15) is 18.2 Å². The van der Waals surface area contributed by atoms with E-state index in [1.54, 1.807) is 0 Å². The van der Waals surface area contributed by atoms with E-state index in [2.05, 4.69) is 42.0 Å². The summed E-state index contributed by atoms with van der Waals surface area (Å²) in [6, 6.07) is 8.35. The van der Waals surface area contributed by atoms with E-state index >= 15 is 0 Å². The minimum absolute atomic E-state index is 0.566. The second-order valence-corrected chi connectivity index (χ2v) is 4.73. The molecule has 0 amide bonds. The summed E-state index contributed by atoms with van der Waals surface area (Å²) in [5.41, 5.74) is 4.54. The van der Waals surface area contributed by atoms with Gasteiger partial charge < -0.3 is 4.98 Å². The Labute approximate surface area is 105 Å². The van der Waals surface area contributed by atoms with Crippen LogP contribution >= 0.6 is 11.6 Å². The third-order valence-corrected chi connectivity index (χ3v) is 3.32. The van der Waals surface area contributed by atoms with Gasteiger partial charge in [0.15, 0.2) is 0 Å². The Bertz CT molecular complexity index is 713. The zero-order valence-corrected chi connectivity index (χ0v) is 10.6. The van der Waals surface area contributed by atoms with Gasteiger partial charge in [0.05, 0.1) is 11.2 Å². The monoisotopic (exact) mass is 244 g/mol. The Hall–Kier alpha value is -1.54. The van der Waals surface area contributed by atoms with Crippen molar-refractivity contribution in [2.24, 2.45) is 0 Å². The van der Waals surface area contributed by atoms with Gasteiger partial charge in [0.1, 0.15) is 5.15 Å². The minimum atomic E-state index is 0.566. The molecule has 0 spiro atoms. The Morgan fingerprint density at radius 2 is 2.06 bits per heavy atom. The standard InChI is InChI=1S/C14H13ClN2/c1-3-11-14-10(7-13(15)16-11)9-5-4-8(2)6-12(9)17-14/h4-7,17H,3H2,1-2H3. The molecule has 0 saturated heterocycles. The van der Waals surface area contributed by atoms with Gasteiger partial charge in [0.2, 0.25) is 0 Å². The fourth-order valence-electron chi connectivity index (χ4n) is 2.30. The number of halogens is 1. The fraction of sp³-hybridized carbons (Fsp3) is 0.214. The molecule has 1 aromatic carbocycles. The minimum Gasteiger partial charge on any atom is -0.353 e. The molecule has 2 nitrogen and oxygen atoms in total. The lowest BCUT2D eigenvalue weighted by Gasteiger charge is -1.99. The SMILES string of the molecule is CCc1nc(Cl)cc2c1[nH]c1cc(C)ccc12. The number of benzene rings is 1. The van der Waals surface area contributed by atoms with Gasteiger partial charge in [-0.15, -0.1) is 0 Å². The average Bonchev–Trinajstić information content (AvgIpc) is 2.65. The maximum absolute atomic E-state index is 6.07. The molecule has 2 aromatic heterocycles. The zero-order chi connectivity index (χ0) is 12.0. The molecule has 0 saturated carbocycles. The number of aryl methyl sites for hydroxylation is 2. The normalized spacial score (nSPS) is 11.5. The van der Waals surface area contributed by atoms with Crippen molar-refractivity contribution in [1.29, 1.82) is 0 Å². The second kappa shape index (κ2) is 3.74. The molecule has 0 atom stereocenters. The molecule has 0 fully saturated rings. The lowest BCUT2D eigenvalue weighted by atomic mass is 10.1. The van der Waals surface area contributed by atoms with Crippen LogP contribution in [0.25, 0.3) is 21.8 Å². The van der Waals surface area contributed by atoms with Crippen LogP contribution in [0.3, 0.4) is 0 Å². The number of rotatable bonds is 1. The van der Waals surface area contributed by atoms with Crippen molar-refractivity contribution in [2.45, 2.75) is 20.3 Å². The van der Waals surface area contributed by atoms with E-state index in [1.165, 1.54) is 10.9 Å². The van der Waals surface area contributed by atoms with Crippen LogP contribution in [-0.2, 0) is 6.42 Å². The molecule has 0 unspecified atom stereocenters. The smallest absolute Gasteiger partial charge is 0.130 e. The van der Waals surface area contributed by atoms with Crippen molar-refractivity contribution >= 4 is 33.4 Å². The number of hydrogen-bond donors (Lipinski definition) is 1. The molecule has 0 aliphatic carbocycles. The highest BCUT2D eigenvalue weighted by Crippen LogP contribution is 2.29. The van der Waals surface area contributed by atoms with Gasteiger partial charge >= 0.3 is 0 Å². The van der Waals surface area contributed by atoms with Gasteiger partial charge in [-0.3, -0.25) is 0 Å². The lowest BCUT2D eigenvalue weighted by molar-refractivity contribution is 1.05. The Kier molecular flexibility index (Phi) is 2.33. The van der Waals surface area contributed by atoms with Gasteiger partial charge in [-0.2, -0.15) is 0 Å².